The van der Waals surface area contributed by atoms with E-state index in [1.165, 1.54) is 24.3 Å². The van der Waals surface area contributed by atoms with Crippen molar-refractivity contribution in [1.29, 1.82) is 5.26 Å². The SMILES string of the molecule is N#C/C(=C/c1cccc(F)c1)C(N)=O. The number of carbonyl (C=O) groups excluding carboxylic acids is 1. The lowest BCUT2D eigenvalue weighted by molar-refractivity contribution is -0.114. The molecule has 0 atom stereocenters. The number of nitrogens with zero attached hydrogens (tertiary/aromatic N) is 1. The molecular formula is C10H7FN2O. The Morgan fingerprint density at radius 3 is 2.79 bits per heavy atom. The van der Waals surface area contributed by atoms with Crippen LogP contribution in [-0.4, -0.2) is 5.91 Å². The van der Waals surface area contributed by atoms with E-state index in [-0.39, 0.29) is 5.57 Å². The Balaban J connectivity index is 3.08. The number of halogens is 1. The van der Waals surface area contributed by atoms with Gasteiger partial charge in [-0.2, -0.15) is 5.26 Å². The van der Waals surface area contributed by atoms with Gasteiger partial charge in [-0.25, -0.2) is 4.39 Å². The predicted octanol–water partition coefficient (Wildman–Crippen LogP) is 1.22. The largest absolute Gasteiger partial charge is 0.365 e. The van der Waals surface area contributed by atoms with Crippen LogP contribution in [0.4, 0.5) is 4.39 Å². The van der Waals surface area contributed by atoms with Crippen LogP contribution in [0.15, 0.2) is 29.8 Å². The van der Waals surface area contributed by atoms with E-state index in [4.69, 9.17) is 11.0 Å². The summed E-state index contributed by atoms with van der Waals surface area (Å²) in [6.45, 7) is 0. The second-order valence-electron chi connectivity index (χ2n) is 2.59. The summed E-state index contributed by atoms with van der Waals surface area (Å²) in [6.07, 6.45) is 1.24. The van der Waals surface area contributed by atoms with Crippen LogP contribution >= 0.6 is 0 Å². The molecule has 1 aromatic rings. The van der Waals surface area contributed by atoms with Crippen LogP contribution in [0.25, 0.3) is 6.08 Å². The standard InChI is InChI=1S/C10H7FN2O/c11-9-3-1-2-7(5-9)4-8(6-12)10(13)14/h1-5H,(H2,13,14)/b8-4-. The molecule has 1 amide bonds. The maximum atomic E-state index is 12.7. The Labute approximate surface area is 80.3 Å². The summed E-state index contributed by atoms with van der Waals surface area (Å²) in [5, 5.41) is 8.51. The van der Waals surface area contributed by atoms with Crippen LogP contribution in [0.3, 0.4) is 0 Å². The third kappa shape index (κ3) is 2.42. The van der Waals surface area contributed by atoms with Gasteiger partial charge in [0.2, 0.25) is 0 Å². The van der Waals surface area contributed by atoms with E-state index in [1.807, 2.05) is 0 Å². The van der Waals surface area contributed by atoms with Crippen molar-refractivity contribution in [3.8, 4) is 6.07 Å². The van der Waals surface area contributed by atoms with Crippen molar-refractivity contribution in [2.24, 2.45) is 5.73 Å². The Morgan fingerprint density at radius 2 is 2.29 bits per heavy atom. The van der Waals surface area contributed by atoms with Gasteiger partial charge in [-0.3, -0.25) is 4.79 Å². The first kappa shape index (κ1) is 9.93. The highest BCUT2D eigenvalue weighted by molar-refractivity contribution is 6.00. The summed E-state index contributed by atoms with van der Waals surface area (Å²) < 4.78 is 12.7. The van der Waals surface area contributed by atoms with Gasteiger partial charge in [-0.1, -0.05) is 12.1 Å². The smallest absolute Gasteiger partial charge is 0.259 e. The molecule has 1 rings (SSSR count). The van der Waals surface area contributed by atoms with Gasteiger partial charge in [-0.05, 0) is 23.8 Å². The summed E-state index contributed by atoms with van der Waals surface area (Å²) in [4.78, 5) is 10.7. The van der Waals surface area contributed by atoms with Gasteiger partial charge >= 0.3 is 0 Å². The molecule has 0 radical (unpaired) electrons. The second-order valence-corrected chi connectivity index (χ2v) is 2.59. The monoisotopic (exact) mass is 190 g/mol. The molecule has 0 heterocycles. The highest BCUT2D eigenvalue weighted by atomic mass is 19.1. The van der Waals surface area contributed by atoms with E-state index in [0.717, 1.165) is 0 Å². The molecule has 1 aromatic carbocycles. The number of nitrogens with two attached hydrogens (primary N) is 1. The van der Waals surface area contributed by atoms with Crippen molar-refractivity contribution in [3.63, 3.8) is 0 Å². The molecule has 0 bridgehead atoms. The van der Waals surface area contributed by atoms with E-state index >= 15 is 0 Å². The minimum Gasteiger partial charge on any atom is -0.365 e. The molecule has 0 aliphatic carbocycles. The van der Waals surface area contributed by atoms with Crippen LogP contribution < -0.4 is 5.73 Å². The number of primary amides is 1. The van der Waals surface area contributed by atoms with Crippen molar-refractivity contribution in [2.75, 3.05) is 0 Å². The van der Waals surface area contributed by atoms with E-state index in [1.54, 1.807) is 12.1 Å². The van der Waals surface area contributed by atoms with Crippen LogP contribution in [0, 0.1) is 17.1 Å². The minimum absolute atomic E-state index is 0.199. The molecule has 4 heteroatoms. The minimum atomic E-state index is -0.822. The Bertz CT molecular complexity index is 432. The third-order valence-corrected chi connectivity index (χ3v) is 1.55. The fourth-order valence-electron chi connectivity index (χ4n) is 0.922. The van der Waals surface area contributed by atoms with Gasteiger partial charge in [0.1, 0.15) is 17.5 Å². The maximum Gasteiger partial charge on any atom is 0.259 e. The fourth-order valence-corrected chi connectivity index (χ4v) is 0.922. The van der Waals surface area contributed by atoms with Crippen LogP contribution in [-0.2, 0) is 4.79 Å². The van der Waals surface area contributed by atoms with Gasteiger partial charge in [0.25, 0.3) is 5.91 Å². The molecular weight excluding hydrogens is 183 g/mol. The number of carbonyl (C=O) groups is 1. The number of amides is 1. The lowest BCUT2D eigenvalue weighted by atomic mass is 10.1. The normalized spacial score (nSPS) is 10.7. The number of benzene rings is 1. The van der Waals surface area contributed by atoms with Crippen molar-refractivity contribution in [1.82, 2.24) is 0 Å². The number of hydrogen-bond donors (Lipinski definition) is 1. The summed E-state index contributed by atoms with van der Waals surface area (Å²) in [6, 6.07) is 7.17. The summed E-state index contributed by atoms with van der Waals surface area (Å²) in [7, 11) is 0. The third-order valence-electron chi connectivity index (χ3n) is 1.55. The molecule has 14 heavy (non-hydrogen) atoms. The first-order valence-electron chi connectivity index (χ1n) is 3.80. The van der Waals surface area contributed by atoms with E-state index < -0.39 is 11.7 Å². The molecule has 0 spiro atoms. The highest BCUT2D eigenvalue weighted by Crippen LogP contribution is 2.08. The van der Waals surface area contributed by atoms with Gasteiger partial charge in [-0.15, -0.1) is 0 Å². The van der Waals surface area contributed by atoms with E-state index in [0.29, 0.717) is 5.56 Å². The zero-order chi connectivity index (χ0) is 10.6. The second kappa shape index (κ2) is 4.19. The predicted molar refractivity (Wildman–Crippen MR) is 49.2 cm³/mol. The van der Waals surface area contributed by atoms with Crippen molar-refractivity contribution < 1.29 is 9.18 Å². The quantitative estimate of drug-likeness (QED) is 0.562. The lowest BCUT2D eigenvalue weighted by Gasteiger charge is -1.94. The number of hydrogen-bond acceptors (Lipinski definition) is 2. The number of rotatable bonds is 2. The average molecular weight is 190 g/mol. The highest BCUT2D eigenvalue weighted by Gasteiger charge is 2.02. The summed E-state index contributed by atoms with van der Waals surface area (Å²) >= 11 is 0. The van der Waals surface area contributed by atoms with Crippen molar-refractivity contribution in [3.05, 3.63) is 41.2 Å². The maximum absolute atomic E-state index is 12.7. The van der Waals surface area contributed by atoms with Crippen molar-refractivity contribution in [2.45, 2.75) is 0 Å². The first-order chi connectivity index (χ1) is 6.63. The van der Waals surface area contributed by atoms with Gasteiger partial charge in [0.05, 0.1) is 0 Å². The Hall–Kier alpha value is -2.15. The topological polar surface area (TPSA) is 66.9 Å². The number of nitriles is 1. The zero-order valence-electron chi connectivity index (χ0n) is 7.20. The van der Waals surface area contributed by atoms with Crippen LogP contribution in [0.5, 0.6) is 0 Å². The Kier molecular flexibility index (Phi) is 2.97. The average Bonchev–Trinajstić information content (AvgIpc) is 2.14. The molecule has 0 saturated carbocycles. The molecule has 2 N–H and O–H groups in total. The van der Waals surface area contributed by atoms with E-state index in [9.17, 15) is 9.18 Å². The summed E-state index contributed by atoms with van der Waals surface area (Å²) in [5.41, 5.74) is 5.14. The first-order valence-corrected chi connectivity index (χ1v) is 3.80. The van der Waals surface area contributed by atoms with Gasteiger partial charge in [0, 0.05) is 0 Å². The summed E-state index contributed by atoms with van der Waals surface area (Å²) in [5.74, 6) is -1.25. The molecule has 3 nitrogen and oxygen atoms in total. The van der Waals surface area contributed by atoms with Crippen molar-refractivity contribution >= 4 is 12.0 Å². The molecule has 0 unspecified atom stereocenters. The van der Waals surface area contributed by atoms with Crippen LogP contribution in [0.1, 0.15) is 5.56 Å². The Morgan fingerprint density at radius 1 is 1.57 bits per heavy atom. The van der Waals surface area contributed by atoms with E-state index in [2.05, 4.69) is 0 Å². The lowest BCUT2D eigenvalue weighted by Crippen LogP contribution is -2.12. The van der Waals surface area contributed by atoms with Crippen LogP contribution in [0.2, 0.25) is 0 Å². The molecule has 0 saturated heterocycles. The fraction of sp³-hybridized carbons (Fsp3) is 0. The van der Waals surface area contributed by atoms with Gasteiger partial charge < -0.3 is 5.73 Å². The molecule has 70 valence electrons. The van der Waals surface area contributed by atoms with Gasteiger partial charge in [0.15, 0.2) is 0 Å². The zero-order valence-corrected chi connectivity index (χ0v) is 7.20. The molecule has 0 aliphatic rings. The molecule has 0 fully saturated rings. The molecule has 0 aliphatic heterocycles. The molecule has 0 aromatic heterocycles.